The zero-order valence-electron chi connectivity index (χ0n) is 13.7. The van der Waals surface area contributed by atoms with Gasteiger partial charge in [-0.15, -0.1) is 0 Å². The molecule has 5 nitrogen and oxygen atoms in total. The van der Waals surface area contributed by atoms with E-state index >= 15 is 0 Å². The lowest BCUT2D eigenvalue weighted by molar-refractivity contribution is -0.688. The van der Waals surface area contributed by atoms with Crippen LogP contribution in [0.15, 0.2) is 85.7 Å². The predicted octanol–water partition coefficient (Wildman–Crippen LogP) is 2.72. The summed E-state index contributed by atoms with van der Waals surface area (Å²) in [5.41, 5.74) is 3.83. The molecule has 0 unspecified atom stereocenters. The second-order valence-corrected chi connectivity index (χ2v) is 5.81. The van der Waals surface area contributed by atoms with Gasteiger partial charge in [0, 0.05) is 12.4 Å². The minimum atomic E-state index is 0.718. The van der Waals surface area contributed by atoms with Crippen molar-refractivity contribution in [2.24, 2.45) is 0 Å². The van der Waals surface area contributed by atoms with Crippen LogP contribution in [0.4, 0.5) is 0 Å². The molecule has 4 aromatic rings. The van der Waals surface area contributed by atoms with Crippen LogP contribution in [0.5, 0.6) is 0 Å². The number of aromatic nitrogens is 5. The van der Waals surface area contributed by atoms with Crippen molar-refractivity contribution in [3.63, 3.8) is 0 Å². The second-order valence-electron chi connectivity index (χ2n) is 5.81. The standard InChI is InChI=1S/C20H18N5/c1-3-10-21-17(6-1)14-24-12-13-25(16-24)15-18-7-5-9-20(23-18)19-8-2-4-11-22-19/h1-13,16H,14-15H2/q+1. The Bertz CT molecular complexity index is 948. The van der Waals surface area contributed by atoms with Crippen LogP contribution in [0.1, 0.15) is 11.4 Å². The average molecular weight is 328 g/mol. The Morgan fingerprint density at radius 1 is 0.800 bits per heavy atom. The Morgan fingerprint density at radius 2 is 1.60 bits per heavy atom. The van der Waals surface area contributed by atoms with Gasteiger partial charge in [-0.25, -0.2) is 14.1 Å². The fourth-order valence-electron chi connectivity index (χ4n) is 2.72. The topological polar surface area (TPSA) is 47.5 Å². The quantitative estimate of drug-likeness (QED) is 0.529. The Balaban J connectivity index is 1.49. The molecule has 4 rings (SSSR count). The lowest BCUT2D eigenvalue weighted by atomic mass is 10.2. The van der Waals surface area contributed by atoms with Crippen LogP contribution in [-0.4, -0.2) is 19.5 Å². The van der Waals surface area contributed by atoms with E-state index in [9.17, 15) is 0 Å². The van der Waals surface area contributed by atoms with Crippen molar-refractivity contribution in [1.82, 2.24) is 19.5 Å². The van der Waals surface area contributed by atoms with Crippen molar-refractivity contribution < 1.29 is 4.57 Å². The molecular formula is C20H18N5+. The number of pyridine rings is 3. The summed E-state index contributed by atoms with van der Waals surface area (Å²) < 4.78 is 4.23. The highest BCUT2D eigenvalue weighted by molar-refractivity contribution is 5.53. The van der Waals surface area contributed by atoms with Crippen molar-refractivity contribution in [2.75, 3.05) is 0 Å². The molecule has 0 N–H and O–H groups in total. The summed E-state index contributed by atoms with van der Waals surface area (Å²) in [5, 5.41) is 0. The first-order valence-electron chi connectivity index (χ1n) is 8.19. The van der Waals surface area contributed by atoms with Crippen LogP contribution >= 0.6 is 0 Å². The molecule has 0 saturated heterocycles. The molecule has 0 saturated carbocycles. The lowest BCUT2D eigenvalue weighted by Crippen LogP contribution is -2.32. The third-order valence-electron chi connectivity index (χ3n) is 3.90. The molecule has 25 heavy (non-hydrogen) atoms. The number of hydrogen-bond donors (Lipinski definition) is 0. The molecule has 0 aliphatic rings. The maximum absolute atomic E-state index is 4.73. The SMILES string of the molecule is c1ccc(Cn2cc[n+](Cc3cccc(-c4ccccn4)n3)c2)nc1. The Kier molecular flexibility index (Phi) is 4.29. The van der Waals surface area contributed by atoms with Crippen molar-refractivity contribution in [2.45, 2.75) is 13.1 Å². The third-order valence-corrected chi connectivity index (χ3v) is 3.90. The van der Waals surface area contributed by atoms with Crippen LogP contribution in [0.2, 0.25) is 0 Å². The van der Waals surface area contributed by atoms with Gasteiger partial charge in [-0.05, 0) is 36.4 Å². The Morgan fingerprint density at radius 3 is 2.40 bits per heavy atom. The summed E-state index contributed by atoms with van der Waals surface area (Å²) in [6.07, 6.45) is 9.79. The number of hydrogen-bond acceptors (Lipinski definition) is 3. The van der Waals surface area contributed by atoms with Crippen molar-refractivity contribution >= 4 is 0 Å². The molecule has 0 atom stereocenters. The summed E-state index contributed by atoms with van der Waals surface area (Å²) in [5.74, 6) is 0. The van der Waals surface area contributed by atoms with Crippen LogP contribution < -0.4 is 4.57 Å². The summed E-state index contributed by atoms with van der Waals surface area (Å²) >= 11 is 0. The first kappa shape index (κ1) is 15.2. The van der Waals surface area contributed by atoms with E-state index in [1.54, 1.807) is 6.20 Å². The minimum absolute atomic E-state index is 0.718. The van der Waals surface area contributed by atoms with Crippen molar-refractivity contribution in [3.8, 4) is 11.4 Å². The Labute approximate surface area is 146 Å². The predicted molar refractivity (Wildman–Crippen MR) is 94.5 cm³/mol. The molecule has 4 aromatic heterocycles. The van der Waals surface area contributed by atoms with Crippen LogP contribution in [0, 0.1) is 0 Å². The minimum Gasteiger partial charge on any atom is -0.257 e. The van der Waals surface area contributed by atoms with Gasteiger partial charge in [0.25, 0.3) is 0 Å². The number of nitrogens with zero attached hydrogens (tertiary/aromatic N) is 5. The van der Waals surface area contributed by atoms with Gasteiger partial charge >= 0.3 is 0 Å². The van der Waals surface area contributed by atoms with Gasteiger partial charge < -0.3 is 0 Å². The zero-order chi connectivity index (χ0) is 16.9. The van der Waals surface area contributed by atoms with E-state index in [4.69, 9.17) is 4.98 Å². The molecule has 0 aliphatic heterocycles. The fraction of sp³-hybridized carbons (Fsp3) is 0.100. The van der Waals surface area contributed by atoms with Gasteiger partial charge in [0.15, 0.2) is 0 Å². The zero-order valence-corrected chi connectivity index (χ0v) is 13.7. The van der Waals surface area contributed by atoms with Gasteiger partial charge in [0.2, 0.25) is 6.33 Å². The molecule has 122 valence electrons. The van der Waals surface area contributed by atoms with E-state index in [1.165, 1.54) is 0 Å². The van der Waals surface area contributed by atoms with E-state index < -0.39 is 0 Å². The van der Waals surface area contributed by atoms with Crippen LogP contribution in [0.3, 0.4) is 0 Å². The molecule has 0 bridgehead atoms. The molecule has 5 heteroatoms. The fourth-order valence-corrected chi connectivity index (χ4v) is 2.72. The smallest absolute Gasteiger partial charge is 0.244 e. The molecule has 4 heterocycles. The van der Waals surface area contributed by atoms with E-state index in [0.29, 0.717) is 0 Å². The molecule has 0 spiro atoms. The van der Waals surface area contributed by atoms with E-state index in [1.807, 2.05) is 60.8 Å². The molecule has 0 aliphatic carbocycles. The van der Waals surface area contributed by atoms with E-state index in [-0.39, 0.29) is 0 Å². The van der Waals surface area contributed by atoms with E-state index in [2.05, 4.69) is 37.8 Å². The summed E-state index contributed by atoms with van der Waals surface area (Å²) in [6, 6.07) is 17.9. The number of imidazole rings is 1. The van der Waals surface area contributed by atoms with Crippen molar-refractivity contribution in [3.05, 3.63) is 97.1 Å². The molecular weight excluding hydrogens is 310 g/mol. The highest BCUT2D eigenvalue weighted by Crippen LogP contribution is 2.13. The molecule has 0 amide bonds. The van der Waals surface area contributed by atoms with Gasteiger partial charge in [-0.2, -0.15) is 0 Å². The van der Waals surface area contributed by atoms with Gasteiger partial charge in [-0.1, -0.05) is 18.2 Å². The summed E-state index contributed by atoms with van der Waals surface area (Å²) in [6.45, 7) is 1.48. The monoisotopic (exact) mass is 328 g/mol. The summed E-state index contributed by atoms with van der Waals surface area (Å²) in [4.78, 5) is 13.5. The average Bonchev–Trinajstić information content (AvgIpc) is 3.10. The molecule has 0 aromatic carbocycles. The lowest BCUT2D eigenvalue weighted by Gasteiger charge is -2.02. The highest BCUT2D eigenvalue weighted by atomic mass is 15.1. The highest BCUT2D eigenvalue weighted by Gasteiger charge is 2.08. The Hall–Kier alpha value is -3.34. The molecule has 0 fully saturated rings. The van der Waals surface area contributed by atoms with E-state index in [0.717, 1.165) is 35.9 Å². The van der Waals surface area contributed by atoms with Gasteiger partial charge in [0.05, 0.1) is 22.8 Å². The third kappa shape index (κ3) is 3.77. The molecule has 0 radical (unpaired) electrons. The first-order chi connectivity index (χ1) is 12.4. The maximum Gasteiger partial charge on any atom is 0.244 e. The maximum atomic E-state index is 4.73. The second kappa shape index (κ2) is 7.05. The summed E-state index contributed by atoms with van der Waals surface area (Å²) in [7, 11) is 0. The van der Waals surface area contributed by atoms with Crippen LogP contribution in [-0.2, 0) is 13.1 Å². The first-order valence-corrected chi connectivity index (χ1v) is 8.19. The van der Waals surface area contributed by atoms with Gasteiger partial charge in [0.1, 0.15) is 25.5 Å². The van der Waals surface area contributed by atoms with Crippen molar-refractivity contribution in [1.29, 1.82) is 0 Å². The normalized spacial score (nSPS) is 10.7. The van der Waals surface area contributed by atoms with Gasteiger partial charge in [-0.3, -0.25) is 9.97 Å². The number of rotatable bonds is 5. The largest absolute Gasteiger partial charge is 0.257 e. The van der Waals surface area contributed by atoms with Crippen LogP contribution in [0.25, 0.3) is 11.4 Å².